The summed E-state index contributed by atoms with van der Waals surface area (Å²) in [5.41, 5.74) is 0.361. The Hall–Kier alpha value is -1.15. The first kappa shape index (κ1) is 17.9. The van der Waals surface area contributed by atoms with Gasteiger partial charge < -0.3 is 10.6 Å². The largest absolute Gasteiger partial charge is 0.352 e. The number of carbonyl (C=O) groups excluding carboxylic acids is 1. The van der Waals surface area contributed by atoms with Crippen molar-refractivity contribution in [2.24, 2.45) is 5.92 Å². The summed E-state index contributed by atoms with van der Waals surface area (Å²) in [4.78, 5) is 12.1. The molecule has 2 N–H and O–H groups in total. The highest BCUT2D eigenvalue weighted by Crippen LogP contribution is 2.15. The first-order chi connectivity index (χ1) is 9.41. The second-order valence-corrected chi connectivity index (χ2v) is 7.20. The zero-order chi connectivity index (χ0) is 14.8. The van der Waals surface area contributed by atoms with E-state index in [1.807, 2.05) is 0 Å². The van der Waals surface area contributed by atoms with Gasteiger partial charge in [0.25, 0.3) is 5.91 Å². The summed E-state index contributed by atoms with van der Waals surface area (Å²) in [6, 6.07) is 6.09. The Morgan fingerprint density at radius 3 is 2.57 bits per heavy atom. The molecule has 0 spiro atoms. The molecule has 21 heavy (non-hydrogen) atoms. The molecule has 0 aromatic heterocycles. The average Bonchev–Trinajstić information content (AvgIpc) is 2.36. The number of halogens is 1. The van der Waals surface area contributed by atoms with Gasteiger partial charge in [-0.1, -0.05) is 6.07 Å². The standard InChI is InChI=1S/C13H19N3O3S.ClH/c1-16(2)20(18,19)12-5-3-4-11(6-12)13(17)15-9-10-7-14-8-10;/h3-6,10,14H,7-9H2,1-2H3,(H,15,17);1H. The predicted molar refractivity (Wildman–Crippen MR) is 83.3 cm³/mol. The van der Waals surface area contributed by atoms with Crippen molar-refractivity contribution in [2.45, 2.75) is 4.90 Å². The van der Waals surface area contributed by atoms with E-state index in [-0.39, 0.29) is 23.2 Å². The molecule has 2 rings (SSSR count). The second-order valence-electron chi connectivity index (χ2n) is 5.05. The van der Waals surface area contributed by atoms with Crippen LogP contribution in [0.25, 0.3) is 0 Å². The van der Waals surface area contributed by atoms with E-state index in [4.69, 9.17) is 0 Å². The van der Waals surface area contributed by atoms with Gasteiger partial charge in [-0.3, -0.25) is 4.79 Å². The minimum atomic E-state index is -3.51. The molecule has 0 atom stereocenters. The fourth-order valence-corrected chi connectivity index (χ4v) is 2.79. The van der Waals surface area contributed by atoms with Crippen molar-refractivity contribution in [3.8, 4) is 0 Å². The maximum Gasteiger partial charge on any atom is 0.251 e. The Labute approximate surface area is 131 Å². The quantitative estimate of drug-likeness (QED) is 0.813. The molecule has 0 radical (unpaired) electrons. The number of benzene rings is 1. The van der Waals surface area contributed by atoms with Gasteiger partial charge in [-0.25, -0.2) is 12.7 Å². The van der Waals surface area contributed by atoms with Crippen LogP contribution >= 0.6 is 12.4 Å². The van der Waals surface area contributed by atoms with Crippen LogP contribution in [0.3, 0.4) is 0 Å². The topological polar surface area (TPSA) is 78.5 Å². The van der Waals surface area contributed by atoms with Crippen molar-refractivity contribution >= 4 is 28.3 Å². The van der Waals surface area contributed by atoms with Crippen LogP contribution in [0.4, 0.5) is 0 Å². The third-order valence-electron chi connectivity index (χ3n) is 3.29. The SMILES string of the molecule is CN(C)S(=O)(=O)c1cccc(C(=O)NCC2CNC2)c1.Cl. The number of sulfonamides is 1. The van der Waals surface area contributed by atoms with Crippen LogP contribution in [0, 0.1) is 5.92 Å². The summed E-state index contributed by atoms with van der Waals surface area (Å²) < 4.78 is 25.2. The number of nitrogens with one attached hydrogen (secondary N) is 2. The molecule has 0 aliphatic carbocycles. The molecule has 1 amide bonds. The Morgan fingerprint density at radius 2 is 2.05 bits per heavy atom. The molecule has 1 fully saturated rings. The molecule has 1 aliphatic rings. The van der Waals surface area contributed by atoms with Crippen LogP contribution in [0.1, 0.15) is 10.4 Å². The Morgan fingerprint density at radius 1 is 1.38 bits per heavy atom. The molecule has 118 valence electrons. The Bertz CT molecular complexity index is 600. The second kappa shape index (κ2) is 7.22. The smallest absolute Gasteiger partial charge is 0.251 e. The lowest BCUT2D eigenvalue weighted by Crippen LogP contribution is -2.48. The van der Waals surface area contributed by atoms with Gasteiger partial charge in [0.2, 0.25) is 10.0 Å². The molecule has 1 aliphatic heterocycles. The Kier molecular flexibility index (Phi) is 6.15. The lowest BCUT2D eigenvalue weighted by molar-refractivity contribution is 0.0942. The summed E-state index contributed by atoms with van der Waals surface area (Å²) >= 11 is 0. The third-order valence-corrected chi connectivity index (χ3v) is 5.10. The summed E-state index contributed by atoms with van der Waals surface area (Å²) in [5, 5.41) is 5.95. The van der Waals surface area contributed by atoms with Crippen molar-refractivity contribution in [1.82, 2.24) is 14.9 Å². The summed E-state index contributed by atoms with van der Waals surface area (Å²) in [7, 11) is -0.586. The van der Waals surface area contributed by atoms with Gasteiger partial charge >= 0.3 is 0 Å². The minimum absolute atomic E-state index is 0. The molecular formula is C13H20ClN3O3S. The van der Waals surface area contributed by atoms with Crippen LogP contribution in [-0.4, -0.2) is 52.4 Å². The number of amides is 1. The lowest BCUT2D eigenvalue weighted by Gasteiger charge is -2.27. The van der Waals surface area contributed by atoms with Gasteiger partial charge in [-0.2, -0.15) is 0 Å². The molecule has 1 aromatic carbocycles. The highest BCUT2D eigenvalue weighted by Gasteiger charge is 2.20. The lowest BCUT2D eigenvalue weighted by atomic mass is 10.0. The minimum Gasteiger partial charge on any atom is -0.352 e. The van der Waals surface area contributed by atoms with Gasteiger partial charge in [-0.05, 0) is 18.2 Å². The van der Waals surface area contributed by atoms with Crippen LogP contribution in [0.5, 0.6) is 0 Å². The van der Waals surface area contributed by atoms with E-state index in [0.717, 1.165) is 17.4 Å². The van der Waals surface area contributed by atoms with Crippen LogP contribution < -0.4 is 10.6 Å². The van der Waals surface area contributed by atoms with E-state index in [9.17, 15) is 13.2 Å². The van der Waals surface area contributed by atoms with Crippen LogP contribution in [0.15, 0.2) is 29.2 Å². The molecule has 1 aromatic rings. The number of rotatable bonds is 5. The van der Waals surface area contributed by atoms with Crippen LogP contribution in [-0.2, 0) is 10.0 Å². The van der Waals surface area contributed by atoms with Crippen LogP contribution in [0.2, 0.25) is 0 Å². The highest BCUT2D eigenvalue weighted by molar-refractivity contribution is 7.89. The maximum absolute atomic E-state index is 12.0. The number of hydrogen-bond acceptors (Lipinski definition) is 4. The average molecular weight is 334 g/mol. The predicted octanol–water partition coefficient (Wildman–Crippen LogP) is 0.308. The number of hydrogen-bond donors (Lipinski definition) is 2. The zero-order valence-corrected chi connectivity index (χ0v) is 13.6. The van der Waals surface area contributed by atoms with E-state index < -0.39 is 10.0 Å². The molecule has 6 nitrogen and oxygen atoms in total. The molecule has 1 heterocycles. The fourth-order valence-electron chi connectivity index (χ4n) is 1.84. The Balaban J connectivity index is 0.00000220. The molecule has 0 saturated carbocycles. The van der Waals surface area contributed by atoms with Crippen molar-refractivity contribution in [1.29, 1.82) is 0 Å². The molecular weight excluding hydrogens is 314 g/mol. The van der Waals surface area contributed by atoms with Gasteiger partial charge in [0.15, 0.2) is 0 Å². The third kappa shape index (κ3) is 4.16. The zero-order valence-electron chi connectivity index (χ0n) is 12.0. The maximum atomic E-state index is 12.0. The monoisotopic (exact) mass is 333 g/mol. The van der Waals surface area contributed by atoms with E-state index in [0.29, 0.717) is 18.0 Å². The van der Waals surface area contributed by atoms with Gasteiger partial charge in [0.1, 0.15) is 0 Å². The van der Waals surface area contributed by atoms with Gasteiger partial charge in [0.05, 0.1) is 4.90 Å². The number of nitrogens with zero attached hydrogens (tertiary/aromatic N) is 1. The molecule has 0 unspecified atom stereocenters. The summed E-state index contributed by atoms with van der Waals surface area (Å²) in [6.45, 7) is 2.43. The normalized spacial score (nSPS) is 15.2. The van der Waals surface area contributed by atoms with E-state index in [1.54, 1.807) is 12.1 Å². The van der Waals surface area contributed by atoms with Crippen molar-refractivity contribution in [2.75, 3.05) is 33.7 Å². The van der Waals surface area contributed by atoms with Gasteiger partial charge in [-0.15, -0.1) is 12.4 Å². The molecule has 8 heteroatoms. The van der Waals surface area contributed by atoms with E-state index in [2.05, 4.69) is 10.6 Å². The fraction of sp³-hybridized carbons (Fsp3) is 0.462. The number of carbonyl (C=O) groups is 1. The van der Waals surface area contributed by atoms with Crippen molar-refractivity contribution < 1.29 is 13.2 Å². The first-order valence-corrected chi connectivity index (χ1v) is 7.87. The van der Waals surface area contributed by atoms with Crippen molar-refractivity contribution in [3.63, 3.8) is 0 Å². The van der Waals surface area contributed by atoms with E-state index >= 15 is 0 Å². The highest BCUT2D eigenvalue weighted by atomic mass is 35.5. The molecule has 0 bridgehead atoms. The van der Waals surface area contributed by atoms with E-state index in [1.165, 1.54) is 26.2 Å². The first-order valence-electron chi connectivity index (χ1n) is 6.43. The van der Waals surface area contributed by atoms with Crippen molar-refractivity contribution in [3.05, 3.63) is 29.8 Å². The summed E-state index contributed by atoms with van der Waals surface area (Å²) in [5.74, 6) is 0.223. The summed E-state index contributed by atoms with van der Waals surface area (Å²) in [6.07, 6.45) is 0. The van der Waals surface area contributed by atoms with Gasteiger partial charge in [0, 0.05) is 45.2 Å². The molecule has 1 saturated heterocycles.